The summed E-state index contributed by atoms with van der Waals surface area (Å²) in [6.45, 7) is 6.36. The van der Waals surface area contributed by atoms with E-state index in [9.17, 15) is 0 Å². The van der Waals surface area contributed by atoms with Gasteiger partial charge in [0.25, 0.3) is 5.95 Å². The molecule has 1 N–H and O–H groups in total. The van der Waals surface area contributed by atoms with Gasteiger partial charge in [-0.15, -0.1) is 10.2 Å². The molecule has 6 nitrogen and oxygen atoms in total. The fourth-order valence-corrected chi connectivity index (χ4v) is 3.10. The minimum absolute atomic E-state index is 0.259. The Morgan fingerprint density at radius 1 is 1.08 bits per heavy atom. The van der Waals surface area contributed by atoms with Crippen molar-refractivity contribution in [3.05, 3.63) is 59.7 Å². The lowest BCUT2D eigenvalue weighted by Gasteiger charge is -2.10. The lowest BCUT2D eigenvalue weighted by atomic mass is 10.2. The maximum Gasteiger partial charge on any atom is 0.265 e. The molecule has 4 aromatic rings. The summed E-state index contributed by atoms with van der Waals surface area (Å²) in [4.78, 5) is 4.66. The van der Waals surface area contributed by atoms with Crippen LogP contribution in [0.5, 0.6) is 0 Å². The Labute approximate surface area is 151 Å². The molecule has 0 aliphatic rings. The molecule has 0 saturated carbocycles. The monoisotopic (exact) mass is 344 g/mol. The van der Waals surface area contributed by atoms with E-state index >= 15 is 0 Å². The fourth-order valence-electron chi connectivity index (χ4n) is 3.10. The van der Waals surface area contributed by atoms with E-state index in [1.807, 2.05) is 30.3 Å². The smallest absolute Gasteiger partial charge is 0.265 e. The lowest BCUT2D eigenvalue weighted by molar-refractivity contribution is 0.636. The average Bonchev–Trinajstić information content (AvgIpc) is 2.95. The molecule has 0 bridgehead atoms. The molecule has 0 atom stereocenters. The van der Waals surface area contributed by atoms with Gasteiger partial charge in [0.15, 0.2) is 5.65 Å². The van der Waals surface area contributed by atoms with Gasteiger partial charge < -0.3 is 4.57 Å². The van der Waals surface area contributed by atoms with Gasteiger partial charge >= 0.3 is 0 Å². The molecule has 0 saturated heterocycles. The van der Waals surface area contributed by atoms with Gasteiger partial charge in [0, 0.05) is 11.4 Å². The Morgan fingerprint density at radius 3 is 2.65 bits per heavy atom. The molecule has 0 spiro atoms. The average molecular weight is 344 g/mol. The molecule has 0 fully saturated rings. The molecule has 2 aromatic carbocycles. The number of anilines is 1. The molecule has 26 heavy (non-hydrogen) atoms. The number of fused-ring (bicyclic) bond motifs is 3. The summed E-state index contributed by atoms with van der Waals surface area (Å²) in [5.74, 6) is 0.381. The van der Waals surface area contributed by atoms with Crippen LogP contribution in [0.1, 0.15) is 31.0 Å². The van der Waals surface area contributed by atoms with Crippen LogP contribution in [0.4, 0.5) is 5.95 Å². The number of aromatic nitrogens is 4. The van der Waals surface area contributed by atoms with E-state index in [1.165, 1.54) is 5.56 Å². The molecule has 0 aliphatic heterocycles. The Bertz CT molecular complexity index is 1100. The molecule has 0 unspecified atom stereocenters. The first-order valence-corrected chi connectivity index (χ1v) is 8.62. The van der Waals surface area contributed by atoms with Gasteiger partial charge in [-0.2, -0.15) is 10.1 Å². The third-order valence-corrected chi connectivity index (χ3v) is 4.26. The van der Waals surface area contributed by atoms with E-state index in [0.29, 0.717) is 5.95 Å². The van der Waals surface area contributed by atoms with Crippen LogP contribution < -0.4 is 5.43 Å². The summed E-state index contributed by atoms with van der Waals surface area (Å²) in [5, 5.41) is 13.9. The maximum atomic E-state index is 4.66. The highest BCUT2D eigenvalue weighted by atomic mass is 15.4. The number of nitrogens with one attached hydrogen (secondary N) is 1. The quantitative estimate of drug-likeness (QED) is 0.442. The summed E-state index contributed by atoms with van der Waals surface area (Å²) in [6, 6.07) is 16.5. The van der Waals surface area contributed by atoms with E-state index < -0.39 is 0 Å². The van der Waals surface area contributed by atoms with Crippen molar-refractivity contribution in [2.75, 3.05) is 5.43 Å². The number of hydrogen-bond acceptors (Lipinski definition) is 5. The van der Waals surface area contributed by atoms with Crippen LogP contribution in [-0.4, -0.2) is 26.0 Å². The van der Waals surface area contributed by atoms with Gasteiger partial charge in [-0.25, -0.2) is 5.43 Å². The molecule has 130 valence electrons. The molecule has 0 radical (unpaired) electrons. The molecule has 2 heterocycles. The standard InChI is InChI=1S/C20H20N6/c1-13(2)26-17-10-9-14(3)11-16(17)18-19(26)22-20(25-23-18)24-21-12-15-7-5-4-6-8-15/h4-13H,1-3H3,(H,22,24,25)/b21-12+. The maximum absolute atomic E-state index is 4.66. The molecule has 0 aliphatic carbocycles. The van der Waals surface area contributed by atoms with Crippen LogP contribution in [0, 0.1) is 6.92 Å². The van der Waals surface area contributed by atoms with Crippen molar-refractivity contribution in [1.82, 2.24) is 19.7 Å². The fraction of sp³-hybridized carbons (Fsp3) is 0.200. The summed E-state index contributed by atoms with van der Waals surface area (Å²) in [5.41, 5.74) is 7.82. The Hall–Kier alpha value is -3.28. The van der Waals surface area contributed by atoms with E-state index in [2.05, 4.69) is 69.2 Å². The van der Waals surface area contributed by atoms with E-state index in [0.717, 1.165) is 27.6 Å². The van der Waals surface area contributed by atoms with Gasteiger partial charge in [-0.3, -0.25) is 0 Å². The van der Waals surface area contributed by atoms with E-state index in [4.69, 9.17) is 0 Å². The number of hydrogen-bond donors (Lipinski definition) is 1. The van der Waals surface area contributed by atoms with Gasteiger partial charge in [-0.1, -0.05) is 42.0 Å². The second kappa shape index (κ2) is 6.55. The number of benzene rings is 2. The highest BCUT2D eigenvalue weighted by Gasteiger charge is 2.16. The molecule has 4 rings (SSSR count). The first-order chi connectivity index (χ1) is 12.6. The van der Waals surface area contributed by atoms with Gasteiger partial charge in [0.1, 0.15) is 5.52 Å². The predicted octanol–water partition coefficient (Wildman–Crippen LogP) is 4.31. The van der Waals surface area contributed by atoms with Crippen molar-refractivity contribution in [3.63, 3.8) is 0 Å². The van der Waals surface area contributed by atoms with Crippen LogP contribution in [0.3, 0.4) is 0 Å². The van der Waals surface area contributed by atoms with Crippen LogP contribution in [0.15, 0.2) is 53.6 Å². The van der Waals surface area contributed by atoms with Gasteiger partial charge in [0.2, 0.25) is 0 Å². The Morgan fingerprint density at radius 2 is 1.88 bits per heavy atom. The van der Waals surface area contributed by atoms with Gasteiger partial charge in [-0.05, 0) is 38.5 Å². The van der Waals surface area contributed by atoms with Crippen LogP contribution in [-0.2, 0) is 0 Å². The summed E-state index contributed by atoms with van der Waals surface area (Å²) in [7, 11) is 0. The molecule has 6 heteroatoms. The summed E-state index contributed by atoms with van der Waals surface area (Å²) >= 11 is 0. The number of aryl methyl sites for hydroxylation is 1. The van der Waals surface area contributed by atoms with E-state index in [1.54, 1.807) is 6.21 Å². The Balaban J connectivity index is 1.75. The third kappa shape index (κ3) is 2.90. The highest BCUT2D eigenvalue weighted by Crippen LogP contribution is 2.30. The SMILES string of the molecule is Cc1ccc2c(c1)c1nnc(N/N=C/c3ccccc3)nc1n2C(C)C. The topological polar surface area (TPSA) is 68.0 Å². The minimum atomic E-state index is 0.259. The van der Waals surface area contributed by atoms with Crippen molar-refractivity contribution >= 4 is 34.2 Å². The molecule has 0 amide bonds. The lowest BCUT2D eigenvalue weighted by Crippen LogP contribution is -2.04. The third-order valence-electron chi connectivity index (χ3n) is 4.26. The second-order valence-electron chi connectivity index (χ2n) is 6.57. The van der Waals surface area contributed by atoms with Gasteiger partial charge in [0.05, 0.1) is 11.7 Å². The number of rotatable bonds is 4. The summed E-state index contributed by atoms with van der Waals surface area (Å²) in [6.07, 6.45) is 1.73. The number of nitrogens with zero attached hydrogens (tertiary/aromatic N) is 5. The van der Waals surface area contributed by atoms with Crippen LogP contribution in [0.2, 0.25) is 0 Å². The molecular formula is C20H20N6. The zero-order chi connectivity index (χ0) is 18.1. The summed E-state index contributed by atoms with van der Waals surface area (Å²) < 4.78 is 2.19. The first-order valence-electron chi connectivity index (χ1n) is 8.62. The predicted molar refractivity (Wildman–Crippen MR) is 106 cm³/mol. The zero-order valence-electron chi connectivity index (χ0n) is 15.0. The van der Waals surface area contributed by atoms with Crippen molar-refractivity contribution in [2.24, 2.45) is 5.10 Å². The molecule has 2 aromatic heterocycles. The second-order valence-corrected chi connectivity index (χ2v) is 6.57. The van der Waals surface area contributed by atoms with Crippen LogP contribution >= 0.6 is 0 Å². The van der Waals surface area contributed by atoms with Crippen molar-refractivity contribution in [3.8, 4) is 0 Å². The van der Waals surface area contributed by atoms with Crippen molar-refractivity contribution in [1.29, 1.82) is 0 Å². The minimum Gasteiger partial charge on any atom is -0.321 e. The Kier molecular flexibility index (Phi) is 4.08. The largest absolute Gasteiger partial charge is 0.321 e. The number of hydrazone groups is 1. The van der Waals surface area contributed by atoms with Crippen molar-refractivity contribution in [2.45, 2.75) is 26.8 Å². The normalized spacial score (nSPS) is 11.8. The van der Waals surface area contributed by atoms with Crippen LogP contribution in [0.25, 0.3) is 22.1 Å². The molecular weight excluding hydrogens is 324 g/mol. The highest BCUT2D eigenvalue weighted by molar-refractivity contribution is 6.04. The first kappa shape index (κ1) is 16.2. The van der Waals surface area contributed by atoms with E-state index in [-0.39, 0.29) is 6.04 Å². The zero-order valence-corrected chi connectivity index (χ0v) is 15.0. The van der Waals surface area contributed by atoms with Crippen molar-refractivity contribution < 1.29 is 0 Å².